The van der Waals surface area contributed by atoms with Gasteiger partial charge >= 0.3 is 5.69 Å². The van der Waals surface area contributed by atoms with Crippen LogP contribution in [-0.2, 0) is 4.79 Å². The highest BCUT2D eigenvalue weighted by atomic mass is 35.5. The summed E-state index contributed by atoms with van der Waals surface area (Å²) in [5.74, 6) is -0.549. The Labute approximate surface area is 163 Å². The first kappa shape index (κ1) is 20.3. The van der Waals surface area contributed by atoms with E-state index in [1.54, 1.807) is 6.07 Å². The first-order chi connectivity index (χ1) is 12.8. The molecule has 0 fully saturated rings. The Morgan fingerprint density at radius 2 is 2.11 bits per heavy atom. The van der Waals surface area contributed by atoms with Gasteiger partial charge in [0, 0.05) is 16.7 Å². The number of hydrogen-bond acceptors (Lipinski definition) is 7. The van der Waals surface area contributed by atoms with Crippen LogP contribution in [0.4, 0.5) is 5.69 Å². The van der Waals surface area contributed by atoms with Crippen LogP contribution in [0.2, 0.25) is 10.0 Å². The Kier molecular flexibility index (Phi) is 6.80. The number of halogens is 2. The zero-order valence-electron chi connectivity index (χ0n) is 13.8. The van der Waals surface area contributed by atoms with Crippen molar-refractivity contribution in [3.05, 3.63) is 56.1 Å². The van der Waals surface area contributed by atoms with Gasteiger partial charge in [-0.1, -0.05) is 23.2 Å². The Morgan fingerprint density at radius 3 is 2.78 bits per heavy atom. The molecule has 0 aliphatic heterocycles. The Hall–Kier alpha value is -3.04. The molecule has 9 nitrogen and oxygen atoms in total. The number of ether oxygens (including phenoxy) is 2. The fourth-order valence-corrected chi connectivity index (χ4v) is 2.47. The zero-order valence-corrected chi connectivity index (χ0v) is 15.3. The molecule has 0 atom stereocenters. The van der Waals surface area contributed by atoms with E-state index in [0.29, 0.717) is 11.3 Å². The summed E-state index contributed by atoms with van der Waals surface area (Å²) < 4.78 is 10.1. The summed E-state index contributed by atoms with van der Waals surface area (Å²) in [5, 5.41) is 24.4. The van der Waals surface area contributed by atoms with E-state index >= 15 is 0 Å². The third-order valence-corrected chi connectivity index (χ3v) is 3.66. The summed E-state index contributed by atoms with van der Waals surface area (Å²) in [6.45, 7) is -0.580. The second-order valence-corrected chi connectivity index (χ2v) is 5.84. The van der Waals surface area contributed by atoms with Crippen molar-refractivity contribution in [1.82, 2.24) is 5.43 Å². The standard InChI is InChI=1S/C16H13Cl2N3O6/c1-26-11-2-3-14(22)9(4-11)7-19-20-15(23)8-27-16-12(18)5-10(17)6-13(16)21(24)25/h2-7,22H,8H2,1H3,(H,20,23)/b19-7-. The average Bonchev–Trinajstić information content (AvgIpc) is 2.61. The predicted molar refractivity (Wildman–Crippen MR) is 99.0 cm³/mol. The number of hydrogen-bond donors (Lipinski definition) is 2. The quantitative estimate of drug-likeness (QED) is 0.408. The summed E-state index contributed by atoms with van der Waals surface area (Å²) in [7, 11) is 1.47. The van der Waals surface area contributed by atoms with E-state index in [2.05, 4.69) is 10.5 Å². The average molecular weight is 414 g/mol. The summed E-state index contributed by atoms with van der Waals surface area (Å²) in [5.41, 5.74) is 2.00. The SMILES string of the molecule is COc1ccc(O)c(/C=N\NC(=O)COc2c(Cl)cc(Cl)cc2[N+](=O)[O-])c1. The van der Waals surface area contributed by atoms with Gasteiger partial charge in [-0.2, -0.15) is 5.10 Å². The van der Waals surface area contributed by atoms with Gasteiger partial charge in [0.05, 0.1) is 23.3 Å². The lowest BCUT2D eigenvalue weighted by Gasteiger charge is -2.08. The molecule has 0 radical (unpaired) electrons. The minimum atomic E-state index is -0.727. The zero-order chi connectivity index (χ0) is 20.0. The molecule has 1 amide bonds. The summed E-state index contributed by atoms with van der Waals surface area (Å²) >= 11 is 11.6. The van der Waals surface area contributed by atoms with Crippen LogP contribution in [-0.4, -0.2) is 35.9 Å². The lowest BCUT2D eigenvalue weighted by Crippen LogP contribution is -2.24. The lowest BCUT2D eigenvalue weighted by molar-refractivity contribution is -0.385. The maximum absolute atomic E-state index is 11.8. The number of hydrazone groups is 1. The topological polar surface area (TPSA) is 123 Å². The summed E-state index contributed by atoms with van der Waals surface area (Å²) in [6, 6.07) is 6.80. The lowest BCUT2D eigenvalue weighted by atomic mass is 10.2. The number of nitrogens with zero attached hydrogens (tertiary/aromatic N) is 2. The van der Waals surface area contributed by atoms with Gasteiger partial charge in [-0.3, -0.25) is 14.9 Å². The number of phenols is 1. The predicted octanol–water partition coefficient (Wildman–Crippen LogP) is 3.14. The fraction of sp³-hybridized carbons (Fsp3) is 0.125. The maximum atomic E-state index is 11.8. The number of benzene rings is 2. The van der Waals surface area contributed by atoms with Gasteiger partial charge in [0.25, 0.3) is 5.91 Å². The highest BCUT2D eigenvalue weighted by Crippen LogP contribution is 2.37. The van der Waals surface area contributed by atoms with E-state index < -0.39 is 23.1 Å². The summed E-state index contributed by atoms with van der Waals surface area (Å²) in [6.07, 6.45) is 1.20. The highest BCUT2D eigenvalue weighted by molar-refractivity contribution is 6.36. The van der Waals surface area contributed by atoms with Gasteiger partial charge in [0.2, 0.25) is 5.75 Å². The van der Waals surface area contributed by atoms with Crippen LogP contribution in [0.5, 0.6) is 17.2 Å². The largest absolute Gasteiger partial charge is 0.507 e. The van der Waals surface area contributed by atoms with Gasteiger partial charge in [0.1, 0.15) is 11.5 Å². The van der Waals surface area contributed by atoms with E-state index in [9.17, 15) is 20.0 Å². The maximum Gasteiger partial charge on any atom is 0.314 e. The molecule has 2 aromatic carbocycles. The van der Waals surface area contributed by atoms with Crippen molar-refractivity contribution >= 4 is 41.0 Å². The molecule has 0 saturated heterocycles. The van der Waals surface area contributed by atoms with Gasteiger partial charge < -0.3 is 14.6 Å². The van der Waals surface area contributed by atoms with Crippen molar-refractivity contribution in [3.63, 3.8) is 0 Å². The number of nitrogens with one attached hydrogen (secondary N) is 1. The molecule has 0 bridgehead atoms. The van der Waals surface area contributed by atoms with E-state index in [1.165, 1.54) is 31.5 Å². The highest BCUT2D eigenvalue weighted by Gasteiger charge is 2.21. The molecular weight excluding hydrogens is 401 g/mol. The second kappa shape index (κ2) is 9.06. The van der Waals surface area contributed by atoms with Crippen LogP contribution in [0.3, 0.4) is 0 Å². The van der Waals surface area contributed by atoms with Gasteiger partial charge in [-0.05, 0) is 24.3 Å². The molecule has 2 N–H and O–H groups in total. The fourth-order valence-electron chi connectivity index (χ4n) is 1.93. The number of methoxy groups -OCH3 is 1. The third-order valence-electron chi connectivity index (χ3n) is 3.16. The van der Waals surface area contributed by atoms with Crippen LogP contribution in [0.1, 0.15) is 5.56 Å². The first-order valence-corrected chi connectivity index (χ1v) is 8.02. The molecule has 0 aromatic heterocycles. The van der Waals surface area contributed by atoms with Gasteiger partial charge in [0.15, 0.2) is 6.61 Å². The van der Waals surface area contributed by atoms with Crippen LogP contribution < -0.4 is 14.9 Å². The number of carbonyl (C=O) groups excluding carboxylic acids is 1. The molecule has 2 aromatic rings. The Morgan fingerprint density at radius 1 is 1.37 bits per heavy atom. The molecule has 0 unspecified atom stereocenters. The number of amides is 1. The molecule has 0 aliphatic rings. The normalized spacial score (nSPS) is 10.6. The van der Waals surface area contributed by atoms with Crippen molar-refractivity contribution in [2.75, 3.05) is 13.7 Å². The monoisotopic (exact) mass is 413 g/mol. The van der Waals surface area contributed by atoms with E-state index in [0.717, 1.165) is 6.07 Å². The number of nitro benzene ring substituents is 1. The molecule has 0 aliphatic carbocycles. The number of carbonyl (C=O) groups is 1. The van der Waals surface area contributed by atoms with Gasteiger partial charge in [-0.15, -0.1) is 0 Å². The molecule has 11 heteroatoms. The third kappa shape index (κ3) is 5.47. The number of rotatable bonds is 7. The van der Waals surface area contributed by atoms with E-state index in [4.69, 9.17) is 32.7 Å². The first-order valence-electron chi connectivity index (χ1n) is 7.27. The van der Waals surface area contributed by atoms with Crippen molar-refractivity contribution in [2.45, 2.75) is 0 Å². The van der Waals surface area contributed by atoms with Crippen molar-refractivity contribution in [2.24, 2.45) is 5.10 Å². The van der Waals surface area contributed by atoms with Crippen LogP contribution in [0, 0.1) is 10.1 Å². The molecule has 142 valence electrons. The number of nitro groups is 1. The Balaban J connectivity index is 2.01. The van der Waals surface area contributed by atoms with Crippen LogP contribution in [0.25, 0.3) is 0 Å². The minimum absolute atomic E-state index is 0.0613. The molecule has 0 heterocycles. The van der Waals surface area contributed by atoms with Crippen molar-refractivity contribution in [3.8, 4) is 17.2 Å². The van der Waals surface area contributed by atoms with Crippen LogP contribution in [0.15, 0.2) is 35.4 Å². The Bertz CT molecular complexity index is 904. The van der Waals surface area contributed by atoms with Crippen LogP contribution >= 0.6 is 23.2 Å². The van der Waals surface area contributed by atoms with E-state index in [1.807, 2.05) is 0 Å². The molecule has 0 spiro atoms. The molecule has 0 saturated carbocycles. The molecule has 27 heavy (non-hydrogen) atoms. The van der Waals surface area contributed by atoms with Crippen molar-refractivity contribution < 1.29 is 24.3 Å². The smallest absolute Gasteiger partial charge is 0.314 e. The number of aromatic hydroxyl groups is 1. The summed E-state index contributed by atoms with van der Waals surface area (Å²) in [4.78, 5) is 22.1. The molecule has 2 rings (SSSR count). The second-order valence-electron chi connectivity index (χ2n) is 5.00. The minimum Gasteiger partial charge on any atom is -0.507 e. The molecular formula is C16H13Cl2N3O6. The van der Waals surface area contributed by atoms with E-state index in [-0.39, 0.29) is 21.5 Å². The van der Waals surface area contributed by atoms with Gasteiger partial charge in [-0.25, -0.2) is 5.43 Å². The number of phenolic OH excluding ortho intramolecular Hbond substituents is 1. The van der Waals surface area contributed by atoms with Crippen molar-refractivity contribution in [1.29, 1.82) is 0 Å².